The first-order chi connectivity index (χ1) is 12.7. The summed E-state index contributed by atoms with van der Waals surface area (Å²) >= 11 is 0. The smallest absolute Gasteiger partial charge is 0.257 e. The Morgan fingerprint density at radius 1 is 1.00 bits per heavy atom. The number of aromatic nitrogens is 3. The van der Waals surface area contributed by atoms with Crippen molar-refractivity contribution in [1.29, 1.82) is 0 Å². The molecule has 1 aliphatic heterocycles. The fourth-order valence-electron chi connectivity index (χ4n) is 3.80. The molecule has 5 heteroatoms. The molecule has 0 radical (unpaired) electrons. The number of hydrogen-bond donors (Lipinski definition) is 0. The fraction of sp³-hybridized carbons (Fsp3) is 0.381. The van der Waals surface area contributed by atoms with Crippen molar-refractivity contribution < 1.29 is 4.79 Å². The number of amides is 1. The summed E-state index contributed by atoms with van der Waals surface area (Å²) in [5, 5.41) is 4.68. The van der Waals surface area contributed by atoms with Crippen molar-refractivity contribution in [3.63, 3.8) is 0 Å². The summed E-state index contributed by atoms with van der Waals surface area (Å²) in [5.74, 6) is 0.0771. The minimum atomic E-state index is 0.0771. The van der Waals surface area contributed by atoms with Crippen LogP contribution in [-0.4, -0.2) is 38.5 Å². The Kier molecular flexibility index (Phi) is 4.45. The highest BCUT2D eigenvalue weighted by Crippen LogP contribution is 2.28. The van der Waals surface area contributed by atoms with E-state index in [4.69, 9.17) is 0 Å². The number of carbonyl (C=O) groups excluding carboxylic acids is 1. The second kappa shape index (κ2) is 6.90. The van der Waals surface area contributed by atoms with Gasteiger partial charge >= 0.3 is 0 Å². The summed E-state index contributed by atoms with van der Waals surface area (Å²) in [6.07, 6.45) is 6.31. The van der Waals surface area contributed by atoms with Crippen LogP contribution in [0.1, 0.15) is 47.4 Å². The summed E-state index contributed by atoms with van der Waals surface area (Å²) in [7, 11) is 0. The van der Waals surface area contributed by atoms with Crippen LogP contribution in [0.5, 0.6) is 0 Å². The highest BCUT2D eigenvalue weighted by atomic mass is 16.2. The molecule has 4 rings (SSSR count). The van der Waals surface area contributed by atoms with Crippen LogP contribution in [-0.2, 0) is 0 Å². The summed E-state index contributed by atoms with van der Waals surface area (Å²) in [4.78, 5) is 19.6. The predicted octanol–water partition coefficient (Wildman–Crippen LogP) is 4.03. The number of fused-ring (bicyclic) bond motifs is 1. The molecule has 1 fully saturated rings. The second-order valence-electron chi connectivity index (χ2n) is 7.03. The quantitative estimate of drug-likeness (QED) is 0.702. The van der Waals surface area contributed by atoms with Crippen LogP contribution >= 0.6 is 0 Å². The van der Waals surface area contributed by atoms with Gasteiger partial charge in [-0.15, -0.1) is 0 Å². The molecule has 5 nitrogen and oxygen atoms in total. The van der Waals surface area contributed by atoms with Gasteiger partial charge in [0.1, 0.15) is 0 Å². The first-order valence-corrected chi connectivity index (χ1v) is 9.36. The highest BCUT2D eigenvalue weighted by Gasteiger charge is 2.22. The Morgan fingerprint density at radius 3 is 2.38 bits per heavy atom. The number of aryl methyl sites for hydroxylation is 2. The molecule has 0 N–H and O–H groups in total. The van der Waals surface area contributed by atoms with Gasteiger partial charge in [0.15, 0.2) is 5.65 Å². The molecule has 0 bridgehead atoms. The molecule has 3 heterocycles. The van der Waals surface area contributed by atoms with Gasteiger partial charge in [-0.2, -0.15) is 5.10 Å². The molecule has 1 amide bonds. The van der Waals surface area contributed by atoms with Crippen molar-refractivity contribution in [1.82, 2.24) is 19.5 Å². The van der Waals surface area contributed by atoms with Crippen LogP contribution < -0.4 is 0 Å². The van der Waals surface area contributed by atoms with Crippen molar-refractivity contribution in [3.05, 3.63) is 53.5 Å². The third-order valence-electron chi connectivity index (χ3n) is 5.25. The van der Waals surface area contributed by atoms with Crippen LogP contribution in [0.4, 0.5) is 0 Å². The van der Waals surface area contributed by atoms with E-state index in [0.717, 1.165) is 54.1 Å². The van der Waals surface area contributed by atoms with Crippen molar-refractivity contribution in [2.24, 2.45) is 0 Å². The number of hydrogen-bond acceptors (Lipinski definition) is 3. The van der Waals surface area contributed by atoms with Crippen molar-refractivity contribution in [2.75, 3.05) is 13.1 Å². The van der Waals surface area contributed by atoms with E-state index in [1.165, 1.54) is 12.8 Å². The highest BCUT2D eigenvalue weighted by molar-refractivity contribution is 5.95. The first kappa shape index (κ1) is 16.8. The number of benzene rings is 1. The van der Waals surface area contributed by atoms with Gasteiger partial charge in [0.25, 0.3) is 5.91 Å². The molecule has 1 saturated heterocycles. The molecule has 0 atom stereocenters. The molecule has 0 spiro atoms. The molecular formula is C21H24N4O. The number of nitrogens with zero attached hydrogens (tertiary/aromatic N) is 4. The number of rotatable bonds is 2. The van der Waals surface area contributed by atoms with Crippen molar-refractivity contribution in [2.45, 2.75) is 39.5 Å². The Balaban J connectivity index is 1.77. The SMILES string of the molecule is Cc1nn2c(C)c(C(=O)N3CCCCCC3)cnc2c1-c1ccccc1. The summed E-state index contributed by atoms with van der Waals surface area (Å²) < 4.78 is 1.82. The van der Waals surface area contributed by atoms with Gasteiger partial charge < -0.3 is 4.90 Å². The van der Waals surface area contributed by atoms with Gasteiger partial charge in [-0.25, -0.2) is 9.50 Å². The molecule has 2 aromatic heterocycles. The van der Waals surface area contributed by atoms with Gasteiger partial charge in [-0.05, 0) is 32.3 Å². The topological polar surface area (TPSA) is 50.5 Å². The molecule has 1 aromatic carbocycles. The van der Waals surface area contributed by atoms with Crippen LogP contribution in [0.3, 0.4) is 0 Å². The lowest BCUT2D eigenvalue weighted by atomic mass is 10.1. The van der Waals surface area contributed by atoms with E-state index in [2.05, 4.69) is 22.2 Å². The van der Waals surface area contributed by atoms with E-state index in [0.29, 0.717) is 5.56 Å². The first-order valence-electron chi connectivity index (χ1n) is 9.36. The van der Waals surface area contributed by atoms with E-state index in [1.807, 2.05) is 41.5 Å². The monoisotopic (exact) mass is 348 g/mol. The van der Waals surface area contributed by atoms with E-state index in [9.17, 15) is 4.79 Å². The molecule has 3 aromatic rings. The number of carbonyl (C=O) groups is 1. The Morgan fingerprint density at radius 2 is 1.69 bits per heavy atom. The third kappa shape index (κ3) is 2.87. The zero-order valence-corrected chi connectivity index (χ0v) is 15.4. The molecule has 0 unspecified atom stereocenters. The molecule has 0 aliphatic carbocycles. The van der Waals surface area contributed by atoms with E-state index >= 15 is 0 Å². The Bertz CT molecular complexity index is 938. The molecular weight excluding hydrogens is 324 g/mol. The third-order valence-corrected chi connectivity index (χ3v) is 5.25. The normalized spacial score (nSPS) is 15.2. The predicted molar refractivity (Wildman–Crippen MR) is 102 cm³/mol. The maximum Gasteiger partial charge on any atom is 0.257 e. The van der Waals surface area contributed by atoms with Crippen LogP contribution in [0.25, 0.3) is 16.8 Å². The lowest BCUT2D eigenvalue weighted by Crippen LogP contribution is -2.32. The molecule has 134 valence electrons. The average Bonchev–Trinajstić information content (AvgIpc) is 2.83. The average molecular weight is 348 g/mol. The van der Waals surface area contributed by atoms with Crippen molar-refractivity contribution in [3.8, 4) is 11.1 Å². The summed E-state index contributed by atoms with van der Waals surface area (Å²) in [5.41, 5.74) is 5.36. The maximum atomic E-state index is 13.0. The van der Waals surface area contributed by atoms with Gasteiger partial charge in [-0.1, -0.05) is 43.2 Å². The fourth-order valence-corrected chi connectivity index (χ4v) is 3.80. The maximum absolute atomic E-state index is 13.0. The lowest BCUT2D eigenvalue weighted by Gasteiger charge is -2.21. The lowest BCUT2D eigenvalue weighted by molar-refractivity contribution is 0.0759. The molecule has 1 aliphatic rings. The zero-order valence-electron chi connectivity index (χ0n) is 15.4. The van der Waals surface area contributed by atoms with Gasteiger partial charge in [0.2, 0.25) is 0 Å². The van der Waals surface area contributed by atoms with Crippen LogP contribution in [0.15, 0.2) is 36.5 Å². The molecule has 26 heavy (non-hydrogen) atoms. The Hall–Kier alpha value is -2.69. The largest absolute Gasteiger partial charge is 0.339 e. The van der Waals surface area contributed by atoms with Gasteiger partial charge in [0, 0.05) is 24.8 Å². The standard InChI is InChI=1S/C21H24N4O/c1-15-19(17-10-6-5-7-11-17)20-22-14-18(16(2)25(20)23-15)21(26)24-12-8-3-4-9-13-24/h5-7,10-11,14H,3-4,8-9,12-13H2,1-2H3. The van der Waals surface area contributed by atoms with Gasteiger partial charge in [0.05, 0.1) is 17.0 Å². The Labute approximate surface area is 153 Å². The van der Waals surface area contributed by atoms with E-state index in [1.54, 1.807) is 6.20 Å². The summed E-state index contributed by atoms with van der Waals surface area (Å²) in [6, 6.07) is 10.2. The minimum absolute atomic E-state index is 0.0771. The second-order valence-corrected chi connectivity index (χ2v) is 7.03. The van der Waals surface area contributed by atoms with E-state index in [-0.39, 0.29) is 5.91 Å². The van der Waals surface area contributed by atoms with E-state index < -0.39 is 0 Å². The van der Waals surface area contributed by atoms with Crippen LogP contribution in [0, 0.1) is 13.8 Å². The van der Waals surface area contributed by atoms with Gasteiger partial charge in [-0.3, -0.25) is 4.79 Å². The van der Waals surface area contributed by atoms with Crippen LogP contribution in [0.2, 0.25) is 0 Å². The minimum Gasteiger partial charge on any atom is -0.339 e. The molecule has 0 saturated carbocycles. The van der Waals surface area contributed by atoms with Crippen molar-refractivity contribution >= 4 is 11.6 Å². The zero-order chi connectivity index (χ0) is 18.1. The summed E-state index contributed by atoms with van der Waals surface area (Å²) in [6.45, 7) is 5.63. The number of likely N-dealkylation sites (tertiary alicyclic amines) is 1.